The van der Waals surface area contributed by atoms with E-state index in [1.807, 2.05) is 0 Å². The lowest BCUT2D eigenvalue weighted by Crippen LogP contribution is -2.08. The molecular weight excluding hydrogens is 325 g/mol. The van der Waals surface area contributed by atoms with Gasteiger partial charge in [-0.05, 0) is 24.3 Å². The van der Waals surface area contributed by atoms with E-state index >= 15 is 0 Å². The van der Waals surface area contributed by atoms with Crippen LogP contribution in [0.3, 0.4) is 0 Å². The zero-order valence-electron chi connectivity index (χ0n) is 8.88. The van der Waals surface area contributed by atoms with Gasteiger partial charge in [-0.1, -0.05) is 39.7 Å². The van der Waals surface area contributed by atoms with Crippen LogP contribution >= 0.6 is 27.5 Å². The summed E-state index contributed by atoms with van der Waals surface area (Å²) < 4.78 is 27.5. The van der Waals surface area contributed by atoms with Gasteiger partial charge in [-0.3, -0.25) is 4.79 Å². The molecule has 0 spiro atoms. The lowest BCUT2D eigenvalue weighted by atomic mass is 10.0. The number of ketones is 1. The molecule has 2 aromatic rings. The smallest absolute Gasteiger partial charge is 0.200 e. The molecule has 0 aliphatic heterocycles. The molecule has 18 heavy (non-hydrogen) atoms. The molecule has 0 fully saturated rings. The highest BCUT2D eigenvalue weighted by Crippen LogP contribution is 2.25. The first-order valence-electron chi connectivity index (χ1n) is 4.94. The Morgan fingerprint density at radius 1 is 1.11 bits per heavy atom. The third kappa shape index (κ3) is 2.44. The fourth-order valence-electron chi connectivity index (χ4n) is 1.54. The molecule has 0 heterocycles. The SMILES string of the molecule is O=C(c1ccccc1Cl)c1c(F)cc(Br)cc1F. The van der Waals surface area contributed by atoms with Crippen molar-refractivity contribution in [3.8, 4) is 0 Å². The number of rotatable bonds is 2. The summed E-state index contributed by atoms with van der Waals surface area (Å²) in [6, 6.07) is 8.19. The van der Waals surface area contributed by atoms with Gasteiger partial charge in [0.05, 0.1) is 10.6 Å². The molecule has 1 nitrogen and oxygen atoms in total. The van der Waals surface area contributed by atoms with E-state index in [0.29, 0.717) is 0 Å². The summed E-state index contributed by atoms with van der Waals surface area (Å²) in [6.45, 7) is 0. The normalized spacial score (nSPS) is 10.4. The predicted molar refractivity (Wildman–Crippen MR) is 68.9 cm³/mol. The lowest BCUT2D eigenvalue weighted by molar-refractivity contribution is 0.103. The Morgan fingerprint density at radius 3 is 2.22 bits per heavy atom. The summed E-state index contributed by atoms with van der Waals surface area (Å²) in [7, 11) is 0. The van der Waals surface area contributed by atoms with Crippen LogP contribution < -0.4 is 0 Å². The Morgan fingerprint density at radius 2 is 1.67 bits per heavy atom. The van der Waals surface area contributed by atoms with Crippen LogP contribution in [0.5, 0.6) is 0 Å². The minimum Gasteiger partial charge on any atom is -0.288 e. The summed E-state index contributed by atoms with van der Waals surface area (Å²) >= 11 is 8.78. The molecule has 2 aromatic carbocycles. The van der Waals surface area contributed by atoms with Crippen molar-refractivity contribution in [1.29, 1.82) is 0 Å². The maximum atomic E-state index is 13.6. The van der Waals surface area contributed by atoms with E-state index in [2.05, 4.69) is 15.9 Å². The Balaban J connectivity index is 2.57. The average molecular weight is 332 g/mol. The van der Waals surface area contributed by atoms with Crippen molar-refractivity contribution in [2.75, 3.05) is 0 Å². The van der Waals surface area contributed by atoms with E-state index in [4.69, 9.17) is 11.6 Å². The number of benzene rings is 2. The van der Waals surface area contributed by atoms with Gasteiger partial charge in [0.25, 0.3) is 0 Å². The second-order valence-corrected chi connectivity index (χ2v) is 4.88. The number of carbonyl (C=O) groups is 1. The van der Waals surface area contributed by atoms with E-state index in [9.17, 15) is 13.6 Å². The number of halogens is 4. The van der Waals surface area contributed by atoms with Gasteiger partial charge >= 0.3 is 0 Å². The van der Waals surface area contributed by atoms with Crippen LogP contribution in [0.4, 0.5) is 8.78 Å². The first-order valence-corrected chi connectivity index (χ1v) is 6.11. The quantitative estimate of drug-likeness (QED) is 0.734. The van der Waals surface area contributed by atoms with Gasteiger partial charge in [-0.15, -0.1) is 0 Å². The van der Waals surface area contributed by atoms with Gasteiger partial charge in [0.2, 0.25) is 0 Å². The molecule has 0 amide bonds. The third-order valence-corrected chi connectivity index (χ3v) is 3.14. The fraction of sp³-hybridized carbons (Fsp3) is 0. The second-order valence-electron chi connectivity index (χ2n) is 3.55. The predicted octanol–water partition coefficient (Wildman–Crippen LogP) is 4.61. The van der Waals surface area contributed by atoms with Crippen LogP contribution in [-0.4, -0.2) is 5.78 Å². The van der Waals surface area contributed by atoms with Gasteiger partial charge in [-0.25, -0.2) is 8.78 Å². The monoisotopic (exact) mass is 330 g/mol. The van der Waals surface area contributed by atoms with Crippen molar-refractivity contribution in [2.24, 2.45) is 0 Å². The highest BCUT2D eigenvalue weighted by Gasteiger charge is 2.21. The van der Waals surface area contributed by atoms with Crippen LogP contribution in [0.15, 0.2) is 40.9 Å². The summed E-state index contributed by atoms with van der Waals surface area (Å²) in [6.07, 6.45) is 0. The second kappa shape index (κ2) is 5.16. The Hall–Kier alpha value is -1.26. The summed E-state index contributed by atoms with van der Waals surface area (Å²) in [4.78, 5) is 12.0. The van der Waals surface area contributed by atoms with Crippen LogP contribution in [0.2, 0.25) is 5.02 Å². The molecular formula is C13H6BrClF2O. The van der Waals surface area contributed by atoms with Crippen molar-refractivity contribution >= 4 is 33.3 Å². The molecule has 0 saturated carbocycles. The molecule has 0 unspecified atom stereocenters. The van der Waals surface area contributed by atoms with Crippen LogP contribution in [0.25, 0.3) is 0 Å². The van der Waals surface area contributed by atoms with E-state index in [1.165, 1.54) is 12.1 Å². The molecule has 0 aliphatic carbocycles. The van der Waals surface area contributed by atoms with Gasteiger partial charge in [0.1, 0.15) is 11.6 Å². The minimum atomic E-state index is -0.924. The van der Waals surface area contributed by atoms with E-state index in [-0.39, 0.29) is 15.1 Å². The average Bonchev–Trinajstić information content (AvgIpc) is 2.27. The van der Waals surface area contributed by atoms with Gasteiger partial charge in [0, 0.05) is 10.0 Å². The van der Waals surface area contributed by atoms with Crippen LogP contribution in [0, 0.1) is 11.6 Å². The van der Waals surface area contributed by atoms with Crippen molar-refractivity contribution in [3.63, 3.8) is 0 Å². The molecule has 0 aromatic heterocycles. The van der Waals surface area contributed by atoms with E-state index < -0.39 is 23.0 Å². The van der Waals surface area contributed by atoms with Crippen molar-refractivity contribution < 1.29 is 13.6 Å². The summed E-state index contributed by atoms with van der Waals surface area (Å²) in [5, 5.41) is 0.157. The summed E-state index contributed by atoms with van der Waals surface area (Å²) in [5.74, 6) is -2.62. The van der Waals surface area contributed by atoms with E-state index in [1.54, 1.807) is 12.1 Å². The zero-order valence-corrected chi connectivity index (χ0v) is 11.2. The standard InChI is InChI=1S/C13H6BrClF2O/c14-7-5-10(16)12(11(17)6-7)13(18)8-3-1-2-4-9(8)15/h1-6H. The first kappa shape index (κ1) is 13.2. The van der Waals surface area contributed by atoms with Crippen molar-refractivity contribution in [1.82, 2.24) is 0 Å². The number of carbonyl (C=O) groups excluding carboxylic acids is 1. The minimum absolute atomic E-state index is 0.0688. The Kier molecular flexibility index (Phi) is 3.78. The maximum absolute atomic E-state index is 13.6. The largest absolute Gasteiger partial charge is 0.288 e. The van der Waals surface area contributed by atoms with Crippen LogP contribution in [0.1, 0.15) is 15.9 Å². The Labute approximate surface area is 116 Å². The molecule has 0 radical (unpaired) electrons. The lowest BCUT2D eigenvalue weighted by Gasteiger charge is -2.06. The van der Waals surface area contributed by atoms with Crippen LogP contribution in [-0.2, 0) is 0 Å². The molecule has 0 atom stereocenters. The topological polar surface area (TPSA) is 17.1 Å². The Bertz CT molecular complexity index is 605. The molecule has 2 rings (SSSR count). The molecule has 0 N–H and O–H groups in total. The zero-order chi connectivity index (χ0) is 13.3. The van der Waals surface area contributed by atoms with Crippen molar-refractivity contribution in [3.05, 3.63) is 68.7 Å². The van der Waals surface area contributed by atoms with Gasteiger partial charge in [-0.2, -0.15) is 0 Å². The highest BCUT2D eigenvalue weighted by atomic mass is 79.9. The summed E-state index contributed by atoms with van der Waals surface area (Å²) in [5.41, 5.74) is -0.536. The molecule has 0 bridgehead atoms. The molecule has 5 heteroatoms. The highest BCUT2D eigenvalue weighted by molar-refractivity contribution is 9.10. The molecule has 92 valence electrons. The first-order chi connectivity index (χ1) is 8.50. The maximum Gasteiger partial charge on any atom is 0.200 e. The van der Waals surface area contributed by atoms with Gasteiger partial charge in [0.15, 0.2) is 5.78 Å². The number of hydrogen-bond donors (Lipinski definition) is 0. The molecule has 0 aliphatic rings. The van der Waals surface area contributed by atoms with Crippen molar-refractivity contribution in [2.45, 2.75) is 0 Å². The van der Waals surface area contributed by atoms with Gasteiger partial charge < -0.3 is 0 Å². The van der Waals surface area contributed by atoms with E-state index in [0.717, 1.165) is 12.1 Å². The fourth-order valence-corrected chi connectivity index (χ4v) is 2.16. The third-order valence-electron chi connectivity index (χ3n) is 2.35. The number of hydrogen-bond acceptors (Lipinski definition) is 1. The molecule has 0 saturated heterocycles.